The molecular formula is C16H34O5Si. The molecule has 1 heterocycles. The Kier molecular flexibility index (Phi) is 10.9. The maximum absolute atomic E-state index is 9.37. The monoisotopic (exact) mass is 334 g/mol. The van der Waals surface area contributed by atoms with E-state index in [4.69, 9.17) is 18.7 Å². The number of ether oxygens (including phenoxy) is 1. The summed E-state index contributed by atoms with van der Waals surface area (Å²) in [7, 11) is -2.21. The Balaban J connectivity index is 0.000000763. The third kappa shape index (κ3) is 5.65. The van der Waals surface area contributed by atoms with Crippen LogP contribution in [0.15, 0.2) is 0 Å². The Morgan fingerprint density at radius 1 is 1.05 bits per heavy atom. The van der Waals surface area contributed by atoms with Crippen LogP contribution in [-0.4, -0.2) is 44.7 Å². The quantitative estimate of drug-likeness (QED) is 0.682. The van der Waals surface area contributed by atoms with Crippen molar-refractivity contribution < 1.29 is 23.5 Å². The number of aliphatic carboxylic acids is 1. The molecule has 0 bridgehead atoms. The molecule has 1 rings (SSSR count). The fraction of sp³-hybridized carbons (Fsp3) is 0.938. The number of rotatable bonds is 8. The minimum absolute atomic E-state index is 0.119. The van der Waals surface area contributed by atoms with E-state index in [2.05, 4.69) is 27.7 Å². The lowest BCUT2D eigenvalue weighted by Gasteiger charge is -2.49. The van der Waals surface area contributed by atoms with Crippen molar-refractivity contribution in [1.29, 1.82) is 0 Å². The van der Waals surface area contributed by atoms with Crippen molar-refractivity contribution in [2.24, 2.45) is 0 Å². The number of hydrogen-bond acceptors (Lipinski definition) is 4. The van der Waals surface area contributed by atoms with Gasteiger partial charge in [0.1, 0.15) is 5.22 Å². The first-order chi connectivity index (χ1) is 10.5. The van der Waals surface area contributed by atoms with Gasteiger partial charge in [-0.2, -0.15) is 0 Å². The highest BCUT2D eigenvalue weighted by molar-refractivity contribution is 6.70. The van der Waals surface area contributed by atoms with Gasteiger partial charge in [0.25, 0.3) is 0 Å². The third-order valence-electron chi connectivity index (χ3n) is 4.08. The number of carboxylic acids is 1. The van der Waals surface area contributed by atoms with E-state index >= 15 is 0 Å². The van der Waals surface area contributed by atoms with E-state index in [0.717, 1.165) is 38.7 Å². The van der Waals surface area contributed by atoms with Crippen molar-refractivity contribution in [1.82, 2.24) is 0 Å². The van der Waals surface area contributed by atoms with Gasteiger partial charge in [-0.1, -0.05) is 26.7 Å². The molecule has 1 atom stereocenters. The van der Waals surface area contributed by atoms with Gasteiger partial charge < -0.3 is 18.7 Å². The Labute approximate surface area is 136 Å². The van der Waals surface area contributed by atoms with Crippen molar-refractivity contribution in [2.45, 2.75) is 78.0 Å². The molecule has 0 aromatic rings. The topological polar surface area (TPSA) is 65.0 Å². The molecule has 1 aliphatic heterocycles. The SMILES string of the molecule is CCC(=O)O.CCOC1(CC)CCCC[Si]1(OCC)OCC. The minimum Gasteiger partial charge on any atom is -0.481 e. The maximum Gasteiger partial charge on any atom is 0.371 e. The Bertz CT molecular complexity index is 295. The van der Waals surface area contributed by atoms with Crippen LogP contribution < -0.4 is 0 Å². The number of carbonyl (C=O) groups is 1. The number of carboxylic acid groups (broad SMARTS) is 1. The van der Waals surface area contributed by atoms with Gasteiger partial charge in [-0.25, -0.2) is 0 Å². The van der Waals surface area contributed by atoms with Crippen LogP contribution in [-0.2, 0) is 18.4 Å². The average molecular weight is 335 g/mol. The van der Waals surface area contributed by atoms with E-state index in [1.54, 1.807) is 6.92 Å². The molecule has 0 amide bonds. The van der Waals surface area contributed by atoms with Gasteiger partial charge >= 0.3 is 14.5 Å². The lowest BCUT2D eigenvalue weighted by atomic mass is 10.1. The molecule has 1 fully saturated rings. The van der Waals surface area contributed by atoms with Crippen LogP contribution in [0.3, 0.4) is 0 Å². The minimum atomic E-state index is -2.21. The molecular weight excluding hydrogens is 300 g/mol. The zero-order chi connectivity index (χ0) is 17.1. The average Bonchev–Trinajstić information content (AvgIpc) is 2.51. The summed E-state index contributed by atoms with van der Waals surface area (Å²) >= 11 is 0. The zero-order valence-electron chi connectivity index (χ0n) is 14.9. The number of hydrogen-bond donors (Lipinski definition) is 1. The molecule has 0 spiro atoms. The first kappa shape index (κ1) is 21.6. The van der Waals surface area contributed by atoms with E-state index in [1.807, 2.05) is 0 Å². The van der Waals surface area contributed by atoms with E-state index in [9.17, 15) is 4.79 Å². The second kappa shape index (κ2) is 11.2. The summed E-state index contributed by atoms with van der Waals surface area (Å²) in [4.78, 5) is 9.37. The van der Waals surface area contributed by atoms with E-state index in [0.29, 0.717) is 0 Å². The Morgan fingerprint density at radius 3 is 1.95 bits per heavy atom. The van der Waals surface area contributed by atoms with Crippen LogP contribution in [0.5, 0.6) is 0 Å². The highest BCUT2D eigenvalue weighted by Gasteiger charge is 2.58. The second-order valence-corrected chi connectivity index (χ2v) is 8.85. The smallest absolute Gasteiger partial charge is 0.371 e. The first-order valence-corrected chi connectivity index (χ1v) is 10.6. The van der Waals surface area contributed by atoms with Gasteiger partial charge in [0.2, 0.25) is 0 Å². The molecule has 132 valence electrons. The standard InChI is InChI=1S/C13H28O3Si.C3H6O2/c1-5-13(14-6-2)11-9-10-12-17(13,15-7-3)16-8-4;1-2-3(4)5/h5-12H2,1-4H3;2H2,1H3,(H,4,5). The van der Waals surface area contributed by atoms with Crippen LogP contribution in [0, 0.1) is 0 Å². The summed E-state index contributed by atoms with van der Waals surface area (Å²) < 4.78 is 18.5. The summed E-state index contributed by atoms with van der Waals surface area (Å²) in [6.45, 7) is 12.2. The van der Waals surface area contributed by atoms with Gasteiger partial charge in [-0.15, -0.1) is 0 Å². The highest BCUT2D eigenvalue weighted by Crippen LogP contribution is 2.42. The van der Waals surface area contributed by atoms with Gasteiger partial charge in [0, 0.05) is 26.2 Å². The van der Waals surface area contributed by atoms with Gasteiger partial charge in [0.05, 0.1) is 0 Å². The van der Waals surface area contributed by atoms with Crippen molar-refractivity contribution in [3.63, 3.8) is 0 Å². The fourth-order valence-electron chi connectivity index (χ4n) is 3.11. The molecule has 5 nitrogen and oxygen atoms in total. The predicted molar refractivity (Wildman–Crippen MR) is 90.2 cm³/mol. The van der Waals surface area contributed by atoms with Crippen LogP contribution >= 0.6 is 0 Å². The maximum atomic E-state index is 9.37. The molecule has 0 aliphatic carbocycles. The second-order valence-electron chi connectivity index (χ2n) is 5.35. The van der Waals surface area contributed by atoms with Crippen molar-refractivity contribution >= 4 is 14.5 Å². The Morgan fingerprint density at radius 2 is 1.59 bits per heavy atom. The van der Waals surface area contributed by atoms with E-state index in [-0.39, 0.29) is 11.6 Å². The third-order valence-corrected chi connectivity index (χ3v) is 8.74. The molecule has 0 saturated carbocycles. The largest absolute Gasteiger partial charge is 0.481 e. The predicted octanol–water partition coefficient (Wildman–Crippen LogP) is 3.89. The molecule has 1 saturated heterocycles. The summed E-state index contributed by atoms with van der Waals surface area (Å²) in [6, 6.07) is 1.09. The van der Waals surface area contributed by atoms with Crippen molar-refractivity contribution in [3.05, 3.63) is 0 Å². The lowest BCUT2D eigenvalue weighted by Crippen LogP contribution is -2.65. The molecule has 0 aromatic heterocycles. The fourth-order valence-corrected chi connectivity index (χ4v) is 7.57. The van der Waals surface area contributed by atoms with Gasteiger partial charge in [0.15, 0.2) is 0 Å². The van der Waals surface area contributed by atoms with Crippen LogP contribution in [0.2, 0.25) is 6.04 Å². The Hall–Kier alpha value is -0.433. The molecule has 22 heavy (non-hydrogen) atoms. The van der Waals surface area contributed by atoms with E-state index in [1.165, 1.54) is 12.8 Å². The zero-order valence-corrected chi connectivity index (χ0v) is 15.9. The molecule has 1 aliphatic rings. The van der Waals surface area contributed by atoms with Gasteiger partial charge in [-0.05, 0) is 39.7 Å². The molecule has 1 N–H and O–H groups in total. The first-order valence-electron chi connectivity index (χ1n) is 8.61. The van der Waals surface area contributed by atoms with Crippen LogP contribution in [0.1, 0.15) is 66.7 Å². The molecule has 0 aromatic carbocycles. The van der Waals surface area contributed by atoms with Crippen molar-refractivity contribution in [3.8, 4) is 0 Å². The van der Waals surface area contributed by atoms with E-state index < -0.39 is 14.5 Å². The van der Waals surface area contributed by atoms with Gasteiger partial charge in [-0.3, -0.25) is 4.79 Å². The van der Waals surface area contributed by atoms with Crippen LogP contribution in [0.25, 0.3) is 0 Å². The van der Waals surface area contributed by atoms with Crippen molar-refractivity contribution in [2.75, 3.05) is 19.8 Å². The summed E-state index contributed by atoms with van der Waals surface area (Å²) in [5.74, 6) is -0.745. The van der Waals surface area contributed by atoms with Crippen LogP contribution in [0.4, 0.5) is 0 Å². The highest BCUT2D eigenvalue weighted by atomic mass is 28.4. The summed E-state index contributed by atoms with van der Waals surface area (Å²) in [6.07, 6.45) is 4.79. The summed E-state index contributed by atoms with van der Waals surface area (Å²) in [5, 5.41) is 7.60. The molecule has 0 radical (unpaired) electrons. The lowest BCUT2D eigenvalue weighted by molar-refractivity contribution is -0.136. The normalized spacial score (nSPS) is 23.5. The molecule has 1 unspecified atom stereocenters. The summed E-state index contributed by atoms with van der Waals surface area (Å²) in [5.41, 5.74) is 0. The molecule has 6 heteroatoms.